The molecule has 6 heteroatoms. The molecule has 25 heavy (non-hydrogen) atoms. The van der Waals surface area contributed by atoms with E-state index >= 15 is 0 Å². The summed E-state index contributed by atoms with van der Waals surface area (Å²) in [7, 11) is 1.88. The molecule has 138 valence electrons. The van der Waals surface area contributed by atoms with Gasteiger partial charge < -0.3 is 20.3 Å². The van der Waals surface area contributed by atoms with Crippen LogP contribution in [0.15, 0.2) is 22.5 Å². The molecule has 4 rings (SSSR count). The Hall–Kier alpha value is -1.27. The Balaban J connectivity index is 1.30. The highest BCUT2D eigenvalue weighted by Crippen LogP contribution is 2.52. The minimum atomic E-state index is 0.182. The van der Waals surface area contributed by atoms with Crippen molar-refractivity contribution in [2.24, 2.45) is 16.3 Å². The van der Waals surface area contributed by atoms with E-state index in [9.17, 15) is 0 Å². The third kappa shape index (κ3) is 3.14. The Morgan fingerprint density at radius 3 is 2.76 bits per heavy atom. The fourth-order valence-electron chi connectivity index (χ4n) is 4.82. The molecule has 0 amide bonds. The molecular formula is C19H30N4OS. The number of guanidine groups is 1. The molecule has 2 saturated heterocycles. The molecule has 1 saturated carbocycles. The molecule has 0 aromatic carbocycles. The summed E-state index contributed by atoms with van der Waals surface area (Å²) in [4.78, 5) is 6.99. The number of fused-ring (bicyclic) bond motifs is 1. The van der Waals surface area contributed by atoms with Crippen LogP contribution in [0.1, 0.15) is 33.1 Å². The van der Waals surface area contributed by atoms with E-state index in [2.05, 4.69) is 51.9 Å². The van der Waals surface area contributed by atoms with E-state index in [1.165, 1.54) is 11.4 Å². The average Bonchev–Trinajstić information content (AvgIpc) is 3.29. The van der Waals surface area contributed by atoms with Crippen molar-refractivity contribution < 1.29 is 4.74 Å². The van der Waals surface area contributed by atoms with Gasteiger partial charge >= 0.3 is 0 Å². The highest BCUT2D eigenvalue weighted by molar-refractivity contribution is 7.14. The van der Waals surface area contributed by atoms with Gasteiger partial charge in [-0.2, -0.15) is 0 Å². The SMILES string of the molecule is CN=C(NC1CCN(c2cccs2)CC1)NC1C2CCOC2C1(C)C. The minimum absolute atomic E-state index is 0.182. The van der Waals surface area contributed by atoms with Crippen LogP contribution >= 0.6 is 11.3 Å². The Morgan fingerprint density at radius 2 is 2.08 bits per heavy atom. The molecule has 3 unspecified atom stereocenters. The minimum Gasteiger partial charge on any atom is -0.377 e. The Labute approximate surface area is 154 Å². The number of nitrogens with zero attached hydrogens (tertiary/aromatic N) is 2. The van der Waals surface area contributed by atoms with E-state index in [-0.39, 0.29) is 5.41 Å². The number of aliphatic imine (C=N–C) groups is 1. The molecule has 5 nitrogen and oxygen atoms in total. The van der Waals surface area contributed by atoms with Crippen LogP contribution in [-0.2, 0) is 4.74 Å². The number of rotatable bonds is 3. The number of piperidine rings is 1. The van der Waals surface area contributed by atoms with Crippen LogP contribution in [0.2, 0.25) is 0 Å². The molecule has 3 atom stereocenters. The maximum Gasteiger partial charge on any atom is 0.191 e. The summed E-state index contributed by atoms with van der Waals surface area (Å²) >= 11 is 1.83. The van der Waals surface area contributed by atoms with E-state index in [1.807, 2.05) is 18.4 Å². The second kappa shape index (κ2) is 6.80. The summed E-state index contributed by atoms with van der Waals surface area (Å²) in [6.07, 6.45) is 3.89. The molecule has 1 aromatic heterocycles. The van der Waals surface area contributed by atoms with E-state index in [1.54, 1.807) is 0 Å². The van der Waals surface area contributed by atoms with E-state index in [0.717, 1.165) is 38.5 Å². The van der Waals surface area contributed by atoms with Crippen molar-refractivity contribution in [1.82, 2.24) is 10.6 Å². The van der Waals surface area contributed by atoms with E-state index in [0.29, 0.717) is 24.1 Å². The second-order valence-electron chi connectivity index (χ2n) is 8.12. The number of thiophene rings is 1. The van der Waals surface area contributed by atoms with Gasteiger partial charge in [0.1, 0.15) is 0 Å². The first-order valence-corrected chi connectivity index (χ1v) is 10.4. The van der Waals surface area contributed by atoms with Gasteiger partial charge in [0.25, 0.3) is 0 Å². The summed E-state index contributed by atoms with van der Waals surface area (Å²) in [5, 5.41) is 10.9. The van der Waals surface area contributed by atoms with Gasteiger partial charge in [-0.05, 0) is 36.8 Å². The molecule has 2 aliphatic heterocycles. The van der Waals surface area contributed by atoms with Crippen LogP contribution in [0.4, 0.5) is 5.00 Å². The summed E-state index contributed by atoms with van der Waals surface area (Å²) in [5.74, 6) is 1.59. The number of nitrogens with one attached hydrogen (secondary N) is 2. The summed E-state index contributed by atoms with van der Waals surface area (Å²) in [6.45, 7) is 7.75. The lowest BCUT2D eigenvalue weighted by atomic mass is 9.57. The summed E-state index contributed by atoms with van der Waals surface area (Å²) < 4.78 is 5.90. The van der Waals surface area contributed by atoms with Gasteiger partial charge in [-0.15, -0.1) is 11.3 Å². The Bertz CT molecular complexity index is 607. The molecular weight excluding hydrogens is 332 g/mol. The van der Waals surface area contributed by atoms with Crippen molar-refractivity contribution in [3.63, 3.8) is 0 Å². The van der Waals surface area contributed by atoms with Gasteiger partial charge in [0, 0.05) is 50.2 Å². The Kier molecular flexibility index (Phi) is 4.67. The third-order valence-corrected chi connectivity index (χ3v) is 7.20. The van der Waals surface area contributed by atoms with Crippen molar-refractivity contribution in [3.05, 3.63) is 17.5 Å². The molecule has 1 aliphatic carbocycles. The first-order valence-electron chi connectivity index (χ1n) is 9.49. The number of hydrogen-bond donors (Lipinski definition) is 2. The van der Waals surface area contributed by atoms with Crippen LogP contribution in [0, 0.1) is 11.3 Å². The van der Waals surface area contributed by atoms with Crippen molar-refractivity contribution in [2.45, 2.75) is 51.3 Å². The first kappa shape index (κ1) is 17.2. The molecule has 0 radical (unpaired) electrons. The lowest BCUT2D eigenvalue weighted by Crippen LogP contribution is -2.68. The zero-order valence-corrected chi connectivity index (χ0v) is 16.3. The predicted molar refractivity (Wildman–Crippen MR) is 105 cm³/mol. The maximum absolute atomic E-state index is 5.90. The van der Waals surface area contributed by atoms with Crippen LogP contribution in [0.5, 0.6) is 0 Å². The molecule has 3 heterocycles. The zero-order chi connectivity index (χ0) is 17.4. The normalized spacial score (nSPS) is 32.2. The Morgan fingerprint density at radius 1 is 1.28 bits per heavy atom. The van der Waals surface area contributed by atoms with Gasteiger partial charge in [-0.3, -0.25) is 4.99 Å². The van der Waals surface area contributed by atoms with Crippen molar-refractivity contribution in [1.29, 1.82) is 0 Å². The third-order valence-electron chi connectivity index (χ3n) is 6.27. The van der Waals surface area contributed by atoms with Gasteiger partial charge in [0.15, 0.2) is 5.96 Å². The number of hydrogen-bond acceptors (Lipinski definition) is 4. The topological polar surface area (TPSA) is 48.9 Å². The molecule has 3 aliphatic rings. The largest absolute Gasteiger partial charge is 0.377 e. The molecule has 0 spiro atoms. The predicted octanol–water partition coefficient (Wildman–Crippen LogP) is 2.70. The fraction of sp³-hybridized carbons (Fsp3) is 0.737. The van der Waals surface area contributed by atoms with Crippen molar-refractivity contribution >= 4 is 22.3 Å². The zero-order valence-electron chi connectivity index (χ0n) is 15.5. The van der Waals surface area contributed by atoms with E-state index in [4.69, 9.17) is 4.74 Å². The van der Waals surface area contributed by atoms with Crippen LogP contribution in [-0.4, -0.2) is 50.9 Å². The summed E-state index contributed by atoms with van der Waals surface area (Å²) in [6, 6.07) is 5.31. The van der Waals surface area contributed by atoms with Gasteiger partial charge in [-0.1, -0.05) is 13.8 Å². The molecule has 1 aromatic rings. The monoisotopic (exact) mass is 362 g/mol. The smallest absolute Gasteiger partial charge is 0.191 e. The van der Waals surface area contributed by atoms with Crippen LogP contribution in [0.3, 0.4) is 0 Å². The fourth-order valence-corrected chi connectivity index (χ4v) is 5.61. The molecule has 2 N–H and O–H groups in total. The number of anilines is 1. The summed E-state index contributed by atoms with van der Waals surface area (Å²) in [5.41, 5.74) is 0.182. The van der Waals surface area contributed by atoms with Crippen LogP contribution < -0.4 is 15.5 Å². The first-order chi connectivity index (χ1) is 12.1. The van der Waals surface area contributed by atoms with E-state index < -0.39 is 0 Å². The van der Waals surface area contributed by atoms with Crippen molar-refractivity contribution in [2.75, 3.05) is 31.6 Å². The standard InChI is InChI=1S/C19H30N4OS/c1-19(2)16(14-8-11-24-17(14)19)22-18(20-3)21-13-6-9-23(10-7-13)15-5-4-12-25-15/h4-5,12-14,16-17H,6-11H2,1-3H3,(H2,20,21,22). The maximum atomic E-state index is 5.90. The highest BCUT2D eigenvalue weighted by atomic mass is 32.1. The lowest BCUT2D eigenvalue weighted by molar-refractivity contribution is -0.106. The molecule has 3 fully saturated rings. The highest BCUT2D eigenvalue weighted by Gasteiger charge is 2.59. The average molecular weight is 363 g/mol. The van der Waals surface area contributed by atoms with Gasteiger partial charge in [0.05, 0.1) is 11.1 Å². The second-order valence-corrected chi connectivity index (χ2v) is 9.04. The number of ether oxygens (including phenoxy) is 1. The quantitative estimate of drug-likeness (QED) is 0.641. The lowest BCUT2D eigenvalue weighted by Gasteiger charge is -2.55. The van der Waals surface area contributed by atoms with Gasteiger partial charge in [0.2, 0.25) is 0 Å². The molecule has 0 bridgehead atoms. The van der Waals surface area contributed by atoms with Crippen molar-refractivity contribution in [3.8, 4) is 0 Å². The van der Waals surface area contributed by atoms with Crippen LogP contribution in [0.25, 0.3) is 0 Å². The van der Waals surface area contributed by atoms with Gasteiger partial charge in [-0.25, -0.2) is 0 Å².